The molecule has 9 heteroatoms. The summed E-state index contributed by atoms with van der Waals surface area (Å²) in [6.07, 6.45) is 12.9. The van der Waals surface area contributed by atoms with E-state index < -0.39 is 0 Å². The van der Waals surface area contributed by atoms with Gasteiger partial charge in [-0.3, -0.25) is 9.78 Å². The Morgan fingerprint density at radius 2 is 1.94 bits per heavy atom. The number of ether oxygens (including phenoxy) is 2. The van der Waals surface area contributed by atoms with E-state index in [0.717, 1.165) is 60.8 Å². The summed E-state index contributed by atoms with van der Waals surface area (Å²) in [4.78, 5) is 25.2. The Hall–Kier alpha value is -3.23. The number of hydrogen-bond donors (Lipinski definition) is 2. The van der Waals surface area contributed by atoms with E-state index in [0.29, 0.717) is 29.0 Å². The fourth-order valence-corrected chi connectivity index (χ4v) is 5.89. The van der Waals surface area contributed by atoms with E-state index in [4.69, 9.17) is 21.1 Å². The van der Waals surface area contributed by atoms with Crippen molar-refractivity contribution >= 4 is 40.4 Å². The number of hydrogen-bond acceptors (Lipinski definition) is 7. The van der Waals surface area contributed by atoms with E-state index in [1.807, 2.05) is 24.3 Å². The fraction of sp³-hybridized carbons (Fsp3) is 0.407. The highest BCUT2D eigenvalue weighted by atomic mass is 35.5. The molecule has 2 N–H and O–H groups in total. The van der Waals surface area contributed by atoms with Crippen molar-refractivity contribution in [1.29, 1.82) is 0 Å². The minimum atomic E-state index is -0.168. The lowest BCUT2D eigenvalue weighted by Gasteiger charge is -2.53. The van der Waals surface area contributed by atoms with Gasteiger partial charge in [0.25, 0.3) is 5.91 Å². The van der Waals surface area contributed by atoms with Gasteiger partial charge >= 0.3 is 0 Å². The second-order valence-electron chi connectivity index (χ2n) is 10.1. The van der Waals surface area contributed by atoms with Crippen LogP contribution in [0, 0.1) is 5.41 Å². The Balaban J connectivity index is 1.14. The first-order valence-electron chi connectivity index (χ1n) is 12.3. The first kappa shape index (κ1) is 23.2. The van der Waals surface area contributed by atoms with E-state index in [-0.39, 0.29) is 23.5 Å². The van der Waals surface area contributed by atoms with Gasteiger partial charge < -0.3 is 20.1 Å². The van der Waals surface area contributed by atoms with Crippen molar-refractivity contribution in [3.8, 4) is 11.6 Å². The maximum atomic E-state index is 11.6. The summed E-state index contributed by atoms with van der Waals surface area (Å²) in [5.41, 5.74) is 3.66. The quantitative estimate of drug-likeness (QED) is 0.491. The summed E-state index contributed by atoms with van der Waals surface area (Å²) in [5, 5.41) is 7.18. The predicted molar refractivity (Wildman–Crippen MR) is 138 cm³/mol. The van der Waals surface area contributed by atoms with E-state index in [1.54, 1.807) is 13.3 Å². The molecule has 0 radical (unpaired) electrons. The third-order valence-corrected chi connectivity index (χ3v) is 8.27. The molecule has 36 heavy (non-hydrogen) atoms. The van der Waals surface area contributed by atoms with Crippen LogP contribution in [0.2, 0.25) is 5.02 Å². The standard InChI is InChI=1S/C27H28ClN5O3/c1-35-23-5-3-20-24(33-23)18(19(28)15-29-20)6-7-26-8-11-27(12-9-26,13-10-26)30-14-17-2-4-21-25(31-17)32-22(34)16-36-21/h2-7,15,30H,8-14,16H2,1H3,(H,31,32,34). The minimum absolute atomic E-state index is 0.0415. The lowest BCUT2D eigenvalue weighted by atomic mass is 9.57. The molecule has 3 aliphatic carbocycles. The molecule has 1 amide bonds. The van der Waals surface area contributed by atoms with Gasteiger partial charge in [-0.15, -0.1) is 0 Å². The number of carbonyl (C=O) groups excluding carboxylic acids is 1. The van der Waals surface area contributed by atoms with Crippen LogP contribution in [0.5, 0.6) is 11.6 Å². The molecule has 0 aromatic carbocycles. The van der Waals surface area contributed by atoms with Gasteiger partial charge in [-0.25, -0.2) is 9.97 Å². The Morgan fingerprint density at radius 3 is 2.72 bits per heavy atom. The Bertz CT molecular complexity index is 1350. The molecule has 2 bridgehead atoms. The van der Waals surface area contributed by atoms with Gasteiger partial charge in [-0.2, -0.15) is 0 Å². The van der Waals surface area contributed by atoms with Gasteiger partial charge in [-0.1, -0.05) is 23.8 Å². The number of halogens is 1. The maximum absolute atomic E-state index is 11.6. The van der Waals surface area contributed by atoms with Crippen LogP contribution in [0.25, 0.3) is 17.1 Å². The molecule has 7 rings (SSSR count). The normalized spacial score (nSPS) is 25.0. The molecule has 3 fully saturated rings. The molecule has 0 spiro atoms. The van der Waals surface area contributed by atoms with Crippen LogP contribution in [0.4, 0.5) is 5.82 Å². The van der Waals surface area contributed by atoms with Crippen LogP contribution in [0.1, 0.15) is 49.8 Å². The molecule has 3 saturated carbocycles. The number of allylic oxidation sites excluding steroid dienone is 1. The first-order valence-corrected chi connectivity index (χ1v) is 12.7. The van der Waals surface area contributed by atoms with E-state index in [9.17, 15) is 4.79 Å². The molecule has 1 aliphatic heterocycles. The van der Waals surface area contributed by atoms with Crippen LogP contribution < -0.4 is 20.1 Å². The molecule has 0 unspecified atom stereocenters. The van der Waals surface area contributed by atoms with Gasteiger partial charge in [0, 0.05) is 29.9 Å². The minimum Gasteiger partial charge on any atom is -0.481 e. The lowest BCUT2D eigenvalue weighted by molar-refractivity contribution is -0.118. The van der Waals surface area contributed by atoms with E-state index >= 15 is 0 Å². The van der Waals surface area contributed by atoms with Gasteiger partial charge in [0.05, 0.1) is 23.3 Å². The number of fused-ring (bicyclic) bond motifs is 5. The van der Waals surface area contributed by atoms with Crippen LogP contribution in [-0.4, -0.2) is 40.1 Å². The average molecular weight is 506 g/mol. The summed E-state index contributed by atoms with van der Waals surface area (Å²) in [7, 11) is 1.61. The van der Waals surface area contributed by atoms with Crippen molar-refractivity contribution in [2.45, 2.75) is 50.6 Å². The highest BCUT2D eigenvalue weighted by molar-refractivity contribution is 6.32. The number of anilines is 1. The summed E-state index contributed by atoms with van der Waals surface area (Å²) in [5.74, 6) is 1.51. The molecule has 186 valence electrons. The lowest BCUT2D eigenvalue weighted by Crippen LogP contribution is -2.54. The second-order valence-corrected chi connectivity index (χ2v) is 10.5. The fourth-order valence-electron chi connectivity index (χ4n) is 5.69. The van der Waals surface area contributed by atoms with Crippen molar-refractivity contribution in [2.75, 3.05) is 19.0 Å². The molecule has 4 heterocycles. The second kappa shape index (κ2) is 9.01. The van der Waals surface area contributed by atoms with Crippen LogP contribution in [0.15, 0.2) is 36.5 Å². The van der Waals surface area contributed by atoms with Crippen LogP contribution in [-0.2, 0) is 11.3 Å². The number of nitrogens with zero attached hydrogens (tertiary/aromatic N) is 3. The van der Waals surface area contributed by atoms with Crippen molar-refractivity contribution in [1.82, 2.24) is 20.3 Å². The molecule has 4 aliphatic rings. The number of nitrogens with one attached hydrogen (secondary N) is 2. The molecule has 8 nitrogen and oxygen atoms in total. The van der Waals surface area contributed by atoms with Gasteiger partial charge in [0.1, 0.15) is 5.52 Å². The largest absolute Gasteiger partial charge is 0.481 e. The topological polar surface area (TPSA) is 98.3 Å². The predicted octanol–water partition coefficient (Wildman–Crippen LogP) is 4.91. The van der Waals surface area contributed by atoms with Crippen LogP contribution >= 0.6 is 11.6 Å². The third-order valence-electron chi connectivity index (χ3n) is 7.97. The molecular formula is C27H28ClN5O3. The molecular weight excluding hydrogens is 478 g/mol. The smallest absolute Gasteiger partial charge is 0.263 e. The monoisotopic (exact) mass is 505 g/mol. The van der Waals surface area contributed by atoms with Gasteiger partial charge in [-0.05, 0) is 62.1 Å². The van der Waals surface area contributed by atoms with Crippen LogP contribution in [0.3, 0.4) is 0 Å². The highest BCUT2D eigenvalue weighted by Crippen LogP contribution is 2.53. The Labute approximate surface area is 214 Å². The zero-order valence-corrected chi connectivity index (χ0v) is 20.9. The Kier molecular flexibility index (Phi) is 5.80. The number of amides is 1. The number of methoxy groups -OCH3 is 1. The number of rotatable bonds is 6. The number of carbonyl (C=O) groups is 1. The summed E-state index contributed by atoms with van der Waals surface area (Å²) in [6.45, 7) is 0.706. The molecule has 3 aromatic rings. The van der Waals surface area contributed by atoms with Crippen molar-refractivity contribution in [2.24, 2.45) is 5.41 Å². The third kappa shape index (κ3) is 4.29. The van der Waals surface area contributed by atoms with Gasteiger partial charge in [0.15, 0.2) is 18.2 Å². The van der Waals surface area contributed by atoms with Crippen molar-refractivity contribution < 1.29 is 14.3 Å². The maximum Gasteiger partial charge on any atom is 0.263 e. The zero-order valence-electron chi connectivity index (χ0n) is 20.1. The molecule has 0 atom stereocenters. The zero-order chi connectivity index (χ0) is 24.8. The van der Waals surface area contributed by atoms with E-state index in [1.165, 1.54) is 0 Å². The average Bonchev–Trinajstić information content (AvgIpc) is 2.92. The van der Waals surface area contributed by atoms with Crippen molar-refractivity contribution in [3.63, 3.8) is 0 Å². The van der Waals surface area contributed by atoms with Crippen molar-refractivity contribution in [3.05, 3.63) is 52.8 Å². The SMILES string of the molecule is COc1ccc2ncc(Cl)c(C=CC34CCC(NCc5ccc6c(n5)NC(=O)CO6)(CC3)CC4)c2n1. The van der Waals surface area contributed by atoms with Gasteiger partial charge in [0.2, 0.25) is 5.88 Å². The molecule has 3 aromatic heterocycles. The van der Waals surface area contributed by atoms with E-state index in [2.05, 4.69) is 37.7 Å². The Morgan fingerprint density at radius 1 is 1.14 bits per heavy atom. The molecule has 0 saturated heterocycles. The highest BCUT2D eigenvalue weighted by Gasteiger charge is 2.47. The summed E-state index contributed by atoms with van der Waals surface area (Å²) in [6, 6.07) is 7.57. The number of pyridine rings is 3. The number of aromatic nitrogens is 3. The summed E-state index contributed by atoms with van der Waals surface area (Å²) < 4.78 is 10.7. The first-order chi connectivity index (χ1) is 17.5. The summed E-state index contributed by atoms with van der Waals surface area (Å²) >= 11 is 6.55.